The van der Waals surface area contributed by atoms with Crippen LogP contribution in [0.15, 0.2) is 54.6 Å². The summed E-state index contributed by atoms with van der Waals surface area (Å²) in [5.41, 5.74) is 2.58. The summed E-state index contributed by atoms with van der Waals surface area (Å²) in [6, 6.07) is 15.9. The van der Waals surface area contributed by atoms with E-state index in [1.54, 1.807) is 16.8 Å². The molecule has 1 unspecified atom stereocenters. The molecule has 0 spiro atoms. The van der Waals surface area contributed by atoms with E-state index in [4.69, 9.17) is 14.6 Å². The monoisotopic (exact) mass is 483 g/mol. The number of unbranched alkanes of at least 4 members (excludes halogenated alkanes) is 1. The Labute approximate surface area is 208 Å². The van der Waals surface area contributed by atoms with Gasteiger partial charge in [0.05, 0.1) is 29.7 Å². The summed E-state index contributed by atoms with van der Waals surface area (Å²) >= 11 is 0. The van der Waals surface area contributed by atoms with Crippen LogP contribution in [-0.2, 0) is 11.3 Å². The Morgan fingerprint density at radius 2 is 1.86 bits per heavy atom. The quantitative estimate of drug-likeness (QED) is 0.296. The van der Waals surface area contributed by atoms with E-state index >= 15 is 0 Å². The summed E-state index contributed by atoms with van der Waals surface area (Å²) in [6.07, 6.45) is 1.46. The van der Waals surface area contributed by atoms with Gasteiger partial charge in [-0.25, -0.2) is 9.07 Å². The average Bonchev–Trinajstić information content (AvgIpc) is 3.12. The van der Waals surface area contributed by atoms with Crippen LogP contribution in [0.5, 0.6) is 11.6 Å². The van der Waals surface area contributed by atoms with Crippen molar-refractivity contribution in [3.63, 3.8) is 0 Å². The van der Waals surface area contributed by atoms with E-state index in [2.05, 4.69) is 25.7 Å². The highest BCUT2D eigenvalue weighted by molar-refractivity contribution is 5.43. The topological polar surface area (TPSA) is 59.8 Å². The number of benzene rings is 2. The van der Waals surface area contributed by atoms with Crippen molar-refractivity contribution in [3.8, 4) is 17.3 Å². The smallest absolute Gasteiger partial charge is 0.227 e. The van der Waals surface area contributed by atoms with E-state index in [-0.39, 0.29) is 5.82 Å². The zero-order chi connectivity index (χ0) is 25.2. The van der Waals surface area contributed by atoms with Gasteiger partial charge in [0.25, 0.3) is 0 Å². The number of ether oxygens (including phenoxy) is 2. The third kappa shape index (κ3) is 8.16. The summed E-state index contributed by atoms with van der Waals surface area (Å²) in [4.78, 5) is 2.20. The highest BCUT2D eigenvalue weighted by Crippen LogP contribution is 2.32. The van der Waals surface area contributed by atoms with Gasteiger partial charge in [0.2, 0.25) is 5.88 Å². The molecular formula is C28H38FN3O3. The molecule has 0 aliphatic heterocycles. The Balaban J connectivity index is 1.89. The number of rotatable bonds is 14. The molecule has 190 valence electrons. The minimum atomic E-state index is -0.595. The van der Waals surface area contributed by atoms with Crippen LogP contribution in [0.1, 0.15) is 44.9 Å². The van der Waals surface area contributed by atoms with Gasteiger partial charge in [-0.1, -0.05) is 51.5 Å². The van der Waals surface area contributed by atoms with Crippen LogP contribution in [0, 0.1) is 18.7 Å². The van der Waals surface area contributed by atoms with Crippen molar-refractivity contribution in [2.75, 3.05) is 26.3 Å². The van der Waals surface area contributed by atoms with Gasteiger partial charge < -0.3 is 14.6 Å². The second-order valence-electron chi connectivity index (χ2n) is 9.35. The van der Waals surface area contributed by atoms with Crippen LogP contribution >= 0.6 is 0 Å². The minimum Gasteiger partial charge on any atom is -0.438 e. The lowest BCUT2D eigenvalue weighted by Gasteiger charge is -2.27. The molecule has 0 saturated heterocycles. The van der Waals surface area contributed by atoms with Crippen LogP contribution < -0.4 is 4.74 Å². The Morgan fingerprint density at radius 3 is 2.54 bits per heavy atom. The number of para-hydroxylation sites is 1. The Hall–Kier alpha value is -2.74. The van der Waals surface area contributed by atoms with E-state index < -0.39 is 6.10 Å². The maximum Gasteiger partial charge on any atom is 0.227 e. The molecule has 2 aromatic carbocycles. The third-order valence-corrected chi connectivity index (χ3v) is 5.58. The molecule has 1 atom stereocenters. The first-order chi connectivity index (χ1) is 16.9. The summed E-state index contributed by atoms with van der Waals surface area (Å²) < 4.78 is 27.5. The lowest BCUT2D eigenvalue weighted by atomic mass is 10.1. The fourth-order valence-electron chi connectivity index (χ4n) is 3.97. The molecule has 1 heterocycles. The first kappa shape index (κ1) is 26.9. The standard InChI is InChI=1S/C28H38FN3O3/c1-5-6-15-34-20-25(33)18-31(17-21(2)3)19-27-22(4)30-32(24-12-8-7-9-13-24)28(27)35-26-14-10-11-23(29)16-26/h7-14,16,21,25,33H,5-6,15,17-20H2,1-4H3. The molecule has 3 aromatic rings. The van der Waals surface area contributed by atoms with Crippen LogP contribution in [0.3, 0.4) is 0 Å². The summed E-state index contributed by atoms with van der Waals surface area (Å²) in [7, 11) is 0. The van der Waals surface area contributed by atoms with Gasteiger partial charge in [-0.2, -0.15) is 5.10 Å². The van der Waals surface area contributed by atoms with Crippen LogP contribution in [0.4, 0.5) is 4.39 Å². The predicted molar refractivity (Wildman–Crippen MR) is 137 cm³/mol. The van der Waals surface area contributed by atoms with E-state index in [1.807, 2.05) is 37.3 Å². The number of hydrogen-bond acceptors (Lipinski definition) is 5. The van der Waals surface area contributed by atoms with Crippen molar-refractivity contribution in [2.45, 2.75) is 53.2 Å². The molecule has 0 amide bonds. The van der Waals surface area contributed by atoms with Gasteiger partial charge in [-0.05, 0) is 43.5 Å². The Kier molecular flexibility index (Phi) is 10.3. The third-order valence-electron chi connectivity index (χ3n) is 5.58. The molecule has 0 aliphatic rings. The van der Waals surface area contributed by atoms with E-state index in [0.717, 1.165) is 36.3 Å². The number of hydrogen-bond donors (Lipinski definition) is 1. The SMILES string of the molecule is CCCCOCC(O)CN(Cc1c(C)nn(-c2ccccc2)c1Oc1cccc(F)c1)CC(C)C. The first-order valence-electron chi connectivity index (χ1n) is 12.4. The molecule has 0 fully saturated rings. The second-order valence-corrected chi connectivity index (χ2v) is 9.35. The highest BCUT2D eigenvalue weighted by atomic mass is 19.1. The van der Waals surface area contributed by atoms with Crippen molar-refractivity contribution in [1.82, 2.24) is 14.7 Å². The predicted octanol–water partition coefficient (Wildman–Crippen LogP) is 5.75. The normalized spacial score (nSPS) is 12.5. The number of aliphatic hydroxyl groups is 1. The average molecular weight is 484 g/mol. The maximum absolute atomic E-state index is 13.9. The minimum absolute atomic E-state index is 0.309. The molecule has 1 aromatic heterocycles. The van der Waals surface area contributed by atoms with Gasteiger partial charge in [-0.3, -0.25) is 4.90 Å². The number of nitrogens with zero attached hydrogens (tertiary/aromatic N) is 3. The number of aryl methyl sites for hydroxylation is 1. The van der Waals surface area contributed by atoms with Gasteiger partial charge in [0.15, 0.2) is 0 Å². The van der Waals surface area contributed by atoms with Crippen molar-refractivity contribution in [2.24, 2.45) is 5.92 Å². The first-order valence-corrected chi connectivity index (χ1v) is 12.4. The number of aromatic nitrogens is 2. The van der Waals surface area contributed by atoms with Gasteiger partial charge in [0, 0.05) is 32.3 Å². The molecule has 0 radical (unpaired) electrons. The Bertz CT molecular complexity index is 1040. The Morgan fingerprint density at radius 1 is 1.09 bits per heavy atom. The molecule has 1 N–H and O–H groups in total. The van der Waals surface area contributed by atoms with E-state index in [1.165, 1.54) is 12.1 Å². The molecule has 0 saturated carbocycles. The lowest BCUT2D eigenvalue weighted by Crippen LogP contribution is -2.37. The fraction of sp³-hybridized carbons (Fsp3) is 0.464. The molecule has 6 nitrogen and oxygen atoms in total. The lowest BCUT2D eigenvalue weighted by molar-refractivity contribution is 0.0123. The zero-order valence-corrected chi connectivity index (χ0v) is 21.3. The molecule has 7 heteroatoms. The fourth-order valence-corrected chi connectivity index (χ4v) is 3.97. The summed E-state index contributed by atoms with van der Waals surface area (Å²) in [5.74, 6) is 0.990. The molecule has 3 rings (SSSR count). The summed E-state index contributed by atoms with van der Waals surface area (Å²) in [5, 5.41) is 15.4. The second kappa shape index (κ2) is 13.4. The van der Waals surface area contributed by atoms with Gasteiger partial charge in [0.1, 0.15) is 11.6 Å². The van der Waals surface area contributed by atoms with E-state index in [0.29, 0.717) is 43.9 Å². The number of aliphatic hydroxyl groups excluding tert-OH is 1. The highest BCUT2D eigenvalue weighted by Gasteiger charge is 2.23. The van der Waals surface area contributed by atoms with Crippen LogP contribution in [-0.4, -0.2) is 52.2 Å². The van der Waals surface area contributed by atoms with Crippen LogP contribution in [0.2, 0.25) is 0 Å². The maximum atomic E-state index is 13.9. The van der Waals surface area contributed by atoms with Crippen molar-refractivity contribution in [1.29, 1.82) is 0 Å². The molecule has 0 bridgehead atoms. The molecular weight excluding hydrogens is 445 g/mol. The van der Waals surface area contributed by atoms with Crippen LogP contribution in [0.25, 0.3) is 5.69 Å². The number of halogens is 1. The van der Waals surface area contributed by atoms with Gasteiger partial charge in [-0.15, -0.1) is 0 Å². The zero-order valence-electron chi connectivity index (χ0n) is 21.3. The summed E-state index contributed by atoms with van der Waals surface area (Å²) in [6.45, 7) is 11.1. The van der Waals surface area contributed by atoms with Crippen molar-refractivity contribution >= 4 is 0 Å². The van der Waals surface area contributed by atoms with Crippen molar-refractivity contribution < 1.29 is 19.0 Å². The molecule has 0 aliphatic carbocycles. The van der Waals surface area contributed by atoms with Crippen molar-refractivity contribution in [3.05, 3.63) is 71.7 Å². The largest absolute Gasteiger partial charge is 0.438 e. The van der Waals surface area contributed by atoms with E-state index in [9.17, 15) is 9.50 Å². The molecule has 35 heavy (non-hydrogen) atoms. The van der Waals surface area contributed by atoms with Gasteiger partial charge >= 0.3 is 0 Å².